The summed E-state index contributed by atoms with van der Waals surface area (Å²) in [5.74, 6) is 0. The largest absolute Gasteiger partial charge is 0.374 e. The molecule has 1 atom stereocenters. The van der Waals surface area contributed by atoms with Crippen molar-refractivity contribution in [1.82, 2.24) is 0 Å². The Balaban J connectivity index is 1.81. The molecule has 0 amide bonds. The molecule has 2 heterocycles. The number of hydrogen-bond acceptors (Lipinski definition) is 3. The maximum atomic E-state index is 5.47. The van der Waals surface area contributed by atoms with Crippen LogP contribution in [0.3, 0.4) is 0 Å². The van der Waals surface area contributed by atoms with Crippen molar-refractivity contribution in [2.24, 2.45) is 0 Å². The minimum Gasteiger partial charge on any atom is -0.374 e. The van der Waals surface area contributed by atoms with Gasteiger partial charge in [-0.25, -0.2) is 0 Å². The van der Waals surface area contributed by atoms with Gasteiger partial charge in [0.1, 0.15) is 6.10 Å². The predicted octanol–water partition coefficient (Wildman–Crippen LogP) is 3.19. The highest BCUT2D eigenvalue weighted by Crippen LogP contribution is 2.32. The lowest BCUT2D eigenvalue weighted by Crippen LogP contribution is -2.00. The van der Waals surface area contributed by atoms with E-state index in [-0.39, 0.29) is 0 Å². The molecule has 1 aromatic rings. The molecule has 0 bridgehead atoms. The van der Waals surface area contributed by atoms with E-state index in [9.17, 15) is 0 Å². The molecule has 2 rings (SSSR count). The van der Waals surface area contributed by atoms with Crippen LogP contribution >= 0.6 is 43.2 Å². The minimum atomic E-state index is 0.348. The van der Waals surface area contributed by atoms with Gasteiger partial charge in [-0.1, -0.05) is 0 Å². The minimum absolute atomic E-state index is 0.348. The Labute approximate surface area is 97.5 Å². The summed E-state index contributed by atoms with van der Waals surface area (Å²) in [6, 6.07) is 2.07. The fourth-order valence-electron chi connectivity index (χ4n) is 0.937. The first kappa shape index (κ1) is 10.1. The standard InChI is InChI=1S/C8H8Br2O2S/c9-7-1-5(8(10)13-7)2-11-3-6-4-12-6/h1,6H,2-4H2. The average Bonchev–Trinajstić information content (AvgIpc) is 2.81. The SMILES string of the molecule is Brc1cc(COCC2CO2)c(Br)s1. The van der Waals surface area contributed by atoms with Crippen LogP contribution in [0.4, 0.5) is 0 Å². The quantitative estimate of drug-likeness (QED) is 0.792. The third kappa shape index (κ3) is 3.02. The number of halogens is 2. The van der Waals surface area contributed by atoms with E-state index in [1.165, 1.54) is 5.56 Å². The second kappa shape index (κ2) is 4.40. The number of thiophene rings is 1. The maximum absolute atomic E-state index is 5.47. The highest BCUT2D eigenvalue weighted by molar-refractivity contribution is 9.12. The number of ether oxygens (including phenoxy) is 2. The molecule has 0 N–H and O–H groups in total. The molecular weight excluding hydrogens is 320 g/mol. The molecular formula is C8H8Br2O2S. The number of epoxide rings is 1. The van der Waals surface area contributed by atoms with Gasteiger partial charge in [0.15, 0.2) is 0 Å². The smallest absolute Gasteiger partial charge is 0.104 e. The first-order chi connectivity index (χ1) is 6.25. The molecule has 72 valence electrons. The van der Waals surface area contributed by atoms with Gasteiger partial charge in [0.2, 0.25) is 0 Å². The van der Waals surface area contributed by atoms with Crippen LogP contribution in [0.1, 0.15) is 5.56 Å². The highest BCUT2D eigenvalue weighted by atomic mass is 79.9. The summed E-state index contributed by atoms with van der Waals surface area (Å²) in [5, 5.41) is 0. The van der Waals surface area contributed by atoms with E-state index in [0.717, 1.165) is 14.2 Å². The summed E-state index contributed by atoms with van der Waals surface area (Å²) in [6.07, 6.45) is 0.348. The van der Waals surface area contributed by atoms with Crippen LogP contribution in [-0.2, 0) is 16.1 Å². The lowest BCUT2D eigenvalue weighted by Gasteiger charge is -1.99. The highest BCUT2D eigenvalue weighted by Gasteiger charge is 2.22. The Hall–Kier alpha value is 0.580. The molecule has 1 fully saturated rings. The number of hydrogen-bond donors (Lipinski definition) is 0. The van der Waals surface area contributed by atoms with Gasteiger partial charge in [-0.15, -0.1) is 11.3 Å². The lowest BCUT2D eigenvalue weighted by molar-refractivity contribution is 0.104. The molecule has 1 aromatic heterocycles. The fraction of sp³-hybridized carbons (Fsp3) is 0.500. The molecule has 1 aliphatic rings. The van der Waals surface area contributed by atoms with Crippen LogP contribution in [0.25, 0.3) is 0 Å². The van der Waals surface area contributed by atoms with Crippen molar-refractivity contribution in [2.45, 2.75) is 12.7 Å². The molecule has 5 heteroatoms. The number of rotatable bonds is 4. The van der Waals surface area contributed by atoms with Crippen LogP contribution < -0.4 is 0 Å². The van der Waals surface area contributed by atoms with Gasteiger partial charge in [-0.2, -0.15) is 0 Å². The van der Waals surface area contributed by atoms with Gasteiger partial charge in [-0.05, 0) is 37.9 Å². The first-order valence-corrected chi connectivity index (χ1v) is 6.29. The topological polar surface area (TPSA) is 21.8 Å². The van der Waals surface area contributed by atoms with Gasteiger partial charge in [0.05, 0.1) is 27.4 Å². The zero-order valence-electron chi connectivity index (χ0n) is 6.76. The van der Waals surface area contributed by atoms with Crippen LogP contribution in [0, 0.1) is 0 Å². The van der Waals surface area contributed by atoms with Crippen LogP contribution in [0.2, 0.25) is 0 Å². The predicted molar refractivity (Wildman–Crippen MR) is 59.1 cm³/mol. The van der Waals surface area contributed by atoms with E-state index in [4.69, 9.17) is 9.47 Å². The summed E-state index contributed by atoms with van der Waals surface area (Å²) in [4.78, 5) is 0. The van der Waals surface area contributed by atoms with E-state index in [2.05, 4.69) is 37.9 Å². The van der Waals surface area contributed by atoms with Crippen molar-refractivity contribution in [1.29, 1.82) is 0 Å². The molecule has 0 aromatic carbocycles. The van der Waals surface area contributed by atoms with Gasteiger partial charge < -0.3 is 9.47 Å². The second-order valence-corrected chi connectivity index (χ2v) is 6.57. The van der Waals surface area contributed by atoms with Gasteiger partial charge in [0.25, 0.3) is 0 Å². The molecule has 0 radical (unpaired) electrons. The molecule has 0 saturated carbocycles. The first-order valence-electron chi connectivity index (χ1n) is 3.89. The molecule has 2 nitrogen and oxygen atoms in total. The molecule has 1 saturated heterocycles. The van der Waals surface area contributed by atoms with Crippen molar-refractivity contribution in [2.75, 3.05) is 13.2 Å². The van der Waals surface area contributed by atoms with Crippen LogP contribution in [-0.4, -0.2) is 19.3 Å². The van der Waals surface area contributed by atoms with Gasteiger partial charge in [-0.3, -0.25) is 0 Å². The molecule has 13 heavy (non-hydrogen) atoms. The normalized spacial score (nSPS) is 20.6. The molecule has 0 aliphatic carbocycles. The Bertz CT molecular complexity index is 296. The summed E-state index contributed by atoms with van der Waals surface area (Å²) in [5.41, 5.74) is 1.19. The monoisotopic (exact) mass is 326 g/mol. The molecule has 1 aliphatic heterocycles. The van der Waals surface area contributed by atoms with E-state index in [1.807, 2.05) is 0 Å². The third-order valence-corrected chi connectivity index (χ3v) is 4.15. The zero-order valence-corrected chi connectivity index (χ0v) is 10.7. The van der Waals surface area contributed by atoms with Crippen molar-refractivity contribution in [3.8, 4) is 0 Å². The fourth-order valence-corrected chi connectivity index (χ4v) is 3.72. The molecule has 1 unspecified atom stereocenters. The van der Waals surface area contributed by atoms with Gasteiger partial charge in [0, 0.05) is 5.56 Å². The Morgan fingerprint density at radius 1 is 1.62 bits per heavy atom. The summed E-state index contributed by atoms with van der Waals surface area (Å²) in [6.45, 7) is 2.22. The third-order valence-electron chi connectivity index (χ3n) is 1.69. The van der Waals surface area contributed by atoms with E-state index < -0.39 is 0 Å². The van der Waals surface area contributed by atoms with Crippen molar-refractivity contribution < 1.29 is 9.47 Å². The van der Waals surface area contributed by atoms with Crippen LogP contribution in [0.15, 0.2) is 13.6 Å². The second-order valence-electron chi connectivity index (χ2n) is 2.82. The summed E-state index contributed by atoms with van der Waals surface area (Å²) in [7, 11) is 0. The molecule has 0 spiro atoms. The summed E-state index contributed by atoms with van der Waals surface area (Å²) < 4.78 is 12.8. The Morgan fingerprint density at radius 3 is 2.92 bits per heavy atom. The average molecular weight is 328 g/mol. The zero-order chi connectivity index (χ0) is 9.26. The maximum Gasteiger partial charge on any atom is 0.104 e. The summed E-state index contributed by atoms with van der Waals surface area (Å²) >= 11 is 8.57. The van der Waals surface area contributed by atoms with E-state index in [0.29, 0.717) is 19.3 Å². The van der Waals surface area contributed by atoms with Crippen LogP contribution in [0.5, 0.6) is 0 Å². The Kier molecular flexibility index (Phi) is 3.42. The van der Waals surface area contributed by atoms with Gasteiger partial charge >= 0.3 is 0 Å². The lowest BCUT2D eigenvalue weighted by atomic mass is 10.4. The van der Waals surface area contributed by atoms with Crippen molar-refractivity contribution >= 4 is 43.2 Å². The van der Waals surface area contributed by atoms with E-state index >= 15 is 0 Å². The van der Waals surface area contributed by atoms with Crippen molar-refractivity contribution in [3.63, 3.8) is 0 Å². The van der Waals surface area contributed by atoms with E-state index in [1.54, 1.807) is 11.3 Å². The van der Waals surface area contributed by atoms with Crippen molar-refractivity contribution in [3.05, 3.63) is 19.2 Å². The Morgan fingerprint density at radius 2 is 2.38 bits per heavy atom.